The van der Waals surface area contributed by atoms with Crippen molar-refractivity contribution < 1.29 is 9.47 Å². The lowest BCUT2D eigenvalue weighted by molar-refractivity contribution is -0.101. The first-order chi connectivity index (χ1) is 10.4. The third kappa shape index (κ3) is 3.50. The molecular weight excluding hydrogens is 282 g/mol. The van der Waals surface area contributed by atoms with Crippen LogP contribution >= 0.6 is 11.3 Å². The van der Waals surface area contributed by atoms with Crippen molar-refractivity contribution in [2.45, 2.75) is 56.9 Å². The highest BCUT2D eigenvalue weighted by atomic mass is 32.1. The molecule has 3 fully saturated rings. The lowest BCUT2D eigenvalue weighted by atomic mass is 9.99. The predicted molar refractivity (Wildman–Crippen MR) is 84.6 cm³/mol. The second-order valence-corrected chi connectivity index (χ2v) is 7.59. The average Bonchev–Trinajstić information content (AvgIpc) is 3.03. The van der Waals surface area contributed by atoms with Gasteiger partial charge in [-0.2, -0.15) is 11.3 Å². The summed E-state index contributed by atoms with van der Waals surface area (Å²) in [6.45, 7) is 4.04. The van der Waals surface area contributed by atoms with Crippen molar-refractivity contribution in [1.82, 2.24) is 4.90 Å². The number of thiophene rings is 1. The van der Waals surface area contributed by atoms with Crippen LogP contribution in [0.15, 0.2) is 16.8 Å². The molecule has 0 unspecified atom stereocenters. The van der Waals surface area contributed by atoms with Crippen molar-refractivity contribution in [3.63, 3.8) is 0 Å². The minimum atomic E-state index is 0.339. The van der Waals surface area contributed by atoms with Crippen LogP contribution in [0.3, 0.4) is 0 Å². The van der Waals surface area contributed by atoms with E-state index in [-0.39, 0.29) is 0 Å². The first kappa shape index (κ1) is 14.2. The Bertz CT molecular complexity index is 446. The molecule has 0 bridgehead atoms. The monoisotopic (exact) mass is 307 g/mol. The van der Waals surface area contributed by atoms with E-state index in [4.69, 9.17) is 9.47 Å². The maximum Gasteiger partial charge on any atom is 0.0813 e. The quantitative estimate of drug-likeness (QED) is 0.805. The fourth-order valence-electron chi connectivity index (χ4n) is 3.67. The summed E-state index contributed by atoms with van der Waals surface area (Å²) in [5.74, 6) is 0.855. The fraction of sp³-hybridized carbons (Fsp3) is 0.765. The molecule has 0 amide bonds. The zero-order valence-corrected chi connectivity index (χ0v) is 13.4. The lowest BCUT2D eigenvalue weighted by Crippen LogP contribution is -2.43. The maximum atomic E-state index is 6.30. The van der Waals surface area contributed by atoms with Gasteiger partial charge in [-0.05, 0) is 60.4 Å². The van der Waals surface area contributed by atoms with E-state index in [0.29, 0.717) is 18.2 Å². The summed E-state index contributed by atoms with van der Waals surface area (Å²) in [4.78, 5) is 2.62. The van der Waals surface area contributed by atoms with Gasteiger partial charge in [0.1, 0.15) is 0 Å². The molecule has 3 aliphatic rings. The van der Waals surface area contributed by atoms with Crippen molar-refractivity contribution in [1.29, 1.82) is 0 Å². The van der Waals surface area contributed by atoms with Crippen molar-refractivity contribution in [3.05, 3.63) is 22.4 Å². The van der Waals surface area contributed by atoms with Crippen molar-refractivity contribution in [3.8, 4) is 0 Å². The van der Waals surface area contributed by atoms with Crippen LogP contribution < -0.4 is 0 Å². The smallest absolute Gasteiger partial charge is 0.0813 e. The van der Waals surface area contributed by atoms with E-state index in [1.165, 1.54) is 37.8 Å². The molecule has 3 heterocycles. The second kappa shape index (κ2) is 6.37. The zero-order valence-electron chi connectivity index (χ0n) is 12.6. The predicted octanol–water partition coefficient (Wildman–Crippen LogP) is 3.30. The topological polar surface area (TPSA) is 21.7 Å². The summed E-state index contributed by atoms with van der Waals surface area (Å²) in [6, 6.07) is 2.88. The lowest BCUT2D eigenvalue weighted by Gasteiger charge is -2.36. The van der Waals surface area contributed by atoms with Crippen LogP contribution in [0.4, 0.5) is 0 Å². The summed E-state index contributed by atoms with van der Waals surface area (Å²) < 4.78 is 12.1. The fourth-order valence-corrected chi connectivity index (χ4v) is 4.33. The molecule has 0 spiro atoms. The third-order valence-corrected chi connectivity index (χ3v) is 5.80. The van der Waals surface area contributed by atoms with Crippen molar-refractivity contribution >= 4 is 11.3 Å². The van der Waals surface area contributed by atoms with Gasteiger partial charge in [0.2, 0.25) is 0 Å². The molecule has 21 heavy (non-hydrogen) atoms. The molecule has 2 saturated heterocycles. The number of rotatable bonds is 6. The Kier molecular flexibility index (Phi) is 4.30. The molecule has 0 N–H and O–H groups in total. The molecule has 0 aromatic carbocycles. The molecular formula is C17H25NO2S. The van der Waals surface area contributed by atoms with E-state index >= 15 is 0 Å². The summed E-state index contributed by atoms with van der Waals surface area (Å²) in [6.07, 6.45) is 7.13. The van der Waals surface area contributed by atoms with Crippen LogP contribution in [0, 0.1) is 5.92 Å². The standard InChI is InChI=1S/C17H25NO2S/c1-2-13(1)10-19-11-15-3-4-16-17(20-15)5-7-18(16)9-14-6-8-21-12-14/h6,8,12-13,15-17H,1-5,7,9-11H2/t15-,16+,17+/m1/s1. The highest BCUT2D eigenvalue weighted by Gasteiger charge is 2.39. The number of hydrogen-bond acceptors (Lipinski definition) is 4. The van der Waals surface area contributed by atoms with Gasteiger partial charge in [-0.1, -0.05) is 0 Å². The van der Waals surface area contributed by atoms with E-state index in [2.05, 4.69) is 21.7 Å². The summed E-state index contributed by atoms with van der Waals surface area (Å²) in [7, 11) is 0. The van der Waals surface area contributed by atoms with Gasteiger partial charge in [0.05, 0.1) is 18.8 Å². The van der Waals surface area contributed by atoms with Gasteiger partial charge in [-0.15, -0.1) is 0 Å². The zero-order chi connectivity index (χ0) is 14.1. The summed E-state index contributed by atoms with van der Waals surface area (Å²) >= 11 is 1.79. The Labute approximate surface area is 131 Å². The van der Waals surface area contributed by atoms with Gasteiger partial charge in [-0.25, -0.2) is 0 Å². The van der Waals surface area contributed by atoms with E-state index in [0.717, 1.165) is 32.1 Å². The molecule has 1 aliphatic carbocycles. The first-order valence-electron chi connectivity index (χ1n) is 8.37. The van der Waals surface area contributed by atoms with E-state index in [9.17, 15) is 0 Å². The van der Waals surface area contributed by atoms with Crippen molar-refractivity contribution in [2.24, 2.45) is 5.92 Å². The number of hydrogen-bond donors (Lipinski definition) is 0. The van der Waals surface area contributed by atoms with Gasteiger partial charge >= 0.3 is 0 Å². The van der Waals surface area contributed by atoms with E-state index < -0.39 is 0 Å². The van der Waals surface area contributed by atoms with Gasteiger partial charge in [0.25, 0.3) is 0 Å². The van der Waals surface area contributed by atoms with Crippen LogP contribution in [0.1, 0.15) is 37.7 Å². The van der Waals surface area contributed by atoms with Gasteiger partial charge in [-0.3, -0.25) is 4.90 Å². The summed E-state index contributed by atoms with van der Waals surface area (Å²) in [5, 5.41) is 4.44. The molecule has 1 saturated carbocycles. The number of fused-ring (bicyclic) bond motifs is 1. The molecule has 0 radical (unpaired) electrons. The average molecular weight is 307 g/mol. The second-order valence-electron chi connectivity index (χ2n) is 6.81. The minimum absolute atomic E-state index is 0.339. The molecule has 3 atom stereocenters. The van der Waals surface area contributed by atoms with E-state index in [1.54, 1.807) is 11.3 Å². The van der Waals surface area contributed by atoms with Gasteiger partial charge < -0.3 is 9.47 Å². The molecule has 4 heteroatoms. The largest absolute Gasteiger partial charge is 0.378 e. The highest BCUT2D eigenvalue weighted by molar-refractivity contribution is 7.07. The Morgan fingerprint density at radius 2 is 2.14 bits per heavy atom. The van der Waals surface area contributed by atoms with Crippen LogP contribution in [0.5, 0.6) is 0 Å². The van der Waals surface area contributed by atoms with Crippen LogP contribution in [-0.2, 0) is 16.0 Å². The normalized spacial score (nSPS) is 33.2. The summed E-state index contributed by atoms with van der Waals surface area (Å²) in [5.41, 5.74) is 1.45. The Hall–Kier alpha value is -0.420. The molecule has 2 aliphatic heterocycles. The third-order valence-electron chi connectivity index (χ3n) is 5.07. The Morgan fingerprint density at radius 1 is 1.19 bits per heavy atom. The molecule has 1 aromatic heterocycles. The maximum absolute atomic E-state index is 6.30. The number of ether oxygens (including phenoxy) is 2. The van der Waals surface area contributed by atoms with Crippen LogP contribution in [0.2, 0.25) is 0 Å². The molecule has 1 aromatic rings. The number of nitrogens with zero attached hydrogens (tertiary/aromatic N) is 1. The van der Waals surface area contributed by atoms with E-state index in [1.807, 2.05) is 0 Å². The van der Waals surface area contributed by atoms with Crippen LogP contribution in [0.25, 0.3) is 0 Å². The Balaban J connectivity index is 1.25. The SMILES string of the molecule is c1cc(CN2CC[C@@H]3O[C@@H](COCC4CC4)CC[C@@H]32)cs1. The molecule has 4 rings (SSSR count). The minimum Gasteiger partial charge on any atom is -0.378 e. The number of likely N-dealkylation sites (tertiary alicyclic amines) is 1. The first-order valence-corrected chi connectivity index (χ1v) is 9.31. The van der Waals surface area contributed by atoms with Crippen molar-refractivity contribution in [2.75, 3.05) is 19.8 Å². The van der Waals surface area contributed by atoms with Gasteiger partial charge in [0.15, 0.2) is 0 Å². The highest BCUT2D eigenvalue weighted by Crippen LogP contribution is 2.33. The Morgan fingerprint density at radius 3 is 2.95 bits per heavy atom. The molecule has 116 valence electrons. The molecule has 3 nitrogen and oxygen atoms in total. The van der Waals surface area contributed by atoms with Gasteiger partial charge in [0, 0.05) is 25.7 Å². The van der Waals surface area contributed by atoms with Crippen LogP contribution in [-0.4, -0.2) is 42.9 Å².